The molecule has 0 saturated carbocycles. The molecular formula is C23H26N2. The summed E-state index contributed by atoms with van der Waals surface area (Å²) in [5, 5.41) is 1.38. The van der Waals surface area contributed by atoms with Crippen molar-refractivity contribution >= 4 is 10.9 Å². The van der Waals surface area contributed by atoms with Gasteiger partial charge in [-0.25, -0.2) is 0 Å². The van der Waals surface area contributed by atoms with Crippen molar-refractivity contribution in [2.24, 2.45) is 0 Å². The van der Waals surface area contributed by atoms with Crippen LogP contribution in [0.4, 0.5) is 0 Å². The highest BCUT2D eigenvalue weighted by Gasteiger charge is 2.14. The Labute approximate surface area is 150 Å². The van der Waals surface area contributed by atoms with E-state index in [1.807, 2.05) is 0 Å². The predicted octanol–water partition coefficient (Wildman–Crippen LogP) is 5.49. The third-order valence-corrected chi connectivity index (χ3v) is 5.30. The van der Waals surface area contributed by atoms with Gasteiger partial charge in [-0.2, -0.15) is 0 Å². The van der Waals surface area contributed by atoms with E-state index in [2.05, 4.69) is 83.0 Å². The smallest absolute Gasteiger partial charge is 0.0456 e. The number of nitrogens with zero attached hydrogens (tertiary/aromatic N) is 1. The van der Waals surface area contributed by atoms with Crippen molar-refractivity contribution in [3.63, 3.8) is 0 Å². The van der Waals surface area contributed by atoms with Crippen LogP contribution in [0, 0.1) is 0 Å². The fourth-order valence-corrected chi connectivity index (χ4v) is 3.83. The lowest BCUT2D eigenvalue weighted by atomic mass is 9.93. The summed E-state index contributed by atoms with van der Waals surface area (Å²) < 4.78 is 0. The van der Waals surface area contributed by atoms with Crippen LogP contribution < -0.4 is 0 Å². The molecule has 1 aliphatic heterocycles. The van der Waals surface area contributed by atoms with E-state index < -0.39 is 0 Å². The van der Waals surface area contributed by atoms with Gasteiger partial charge in [-0.1, -0.05) is 54.6 Å². The fraction of sp³-hybridized carbons (Fsp3) is 0.304. The quantitative estimate of drug-likeness (QED) is 0.592. The van der Waals surface area contributed by atoms with Crippen LogP contribution in [0.5, 0.6) is 0 Å². The van der Waals surface area contributed by atoms with Crippen LogP contribution in [0.3, 0.4) is 0 Å². The van der Waals surface area contributed by atoms with Gasteiger partial charge in [0.15, 0.2) is 0 Å². The number of rotatable bonds is 6. The molecule has 1 aromatic heterocycles. The highest BCUT2D eigenvalue weighted by Crippen LogP contribution is 2.25. The Hall–Kier alpha value is -2.48. The molecule has 0 fully saturated rings. The number of hydrogen-bond acceptors (Lipinski definition) is 1. The molecule has 25 heavy (non-hydrogen) atoms. The van der Waals surface area contributed by atoms with Crippen LogP contribution >= 0.6 is 0 Å². The molecule has 0 saturated heterocycles. The molecule has 2 aromatic carbocycles. The Balaban J connectivity index is 1.24. The molecule has 1 atom stereocenters. The van der Waals surface area contributed by atoms with Crippen molar-refractivity contribution in [1.82, 2.24) is 9.88 Å². The van der Waals surface area contributed by atoms with E-state index in [1.54, 1.807) is 0 Å². The van der Waals surface area contributed by atoms with Gasteiger partial charge in [-0.15, -0.1) is 0 Å². The lowest BCUT2D eigenvalue weighted by Gasteiger charge is -2.28. The van der Waals surface area contributed by atoms with Crippen LogP contribution in [-0.2, 0) is 6.42 Å². The maximum Gasteiger partial charge on any atom is 0.0456 e. The average Bonchev–Trinajstić information content (AvgIpc) is 3.10. The summed E-state index contributed by atoms with van der Waals surface area (Å²) in [7, 11) is 0. The topological polar surface area (TPSA) is 19.0 Å². The molecule has 0 radical (unpaired) electrons. The zero-order valence-electron chi connectivity index (χ0n) is 14.7. The number of aromatic amines is 1. The molecule has 0 aliphatic carbocycles. The van der Waals surface area contributed by atoms with Crippen LogP contribution in [0.1, 0.15) is 36.3 Å². The number of fused-ring (bicyclic) bond motifs is 1. The Morgan fingerprint density at radius 2 is 1.80 bits per heavy atom. The number of unbranched alkanes of at least 4 members (excludes halogenated alkanes) is 1. The first kappa shape index (κ1) is 16.0. The van der Waals surface area contributed by atoms with Crippen LogP contribution in [0.25, 0.3) is 10.9 Å². The molecule has 2 heteroatoms. The fourth-order valence-electron chi connectivity index (χ4n) is 3.83. The number of aryl methyl sites for hydroxylation is 1. The van der Waals surface area contributed by atoms with E-state index in [0.717, 1.165) is 6.42 Å². The Kier molecular flexibility index (Phi) is 4.87. The third-order valence-electron chi connectivity index (χ3n) is 5.30. The van der Waals surface area contributed by atoms with Gasteiger partial charge < -0.3 is 9.88 Å². The molecule has 3 aromatic rings. The molecule has 4 rings (SSSR count). The lowest BCUT2D eigenvalue weighted by Crippen LogP contribution is -2.25. The molecule has 0 spiro atoms. The molecule has 1 N–H and O–H groups in total. The molecule has 0 bridgehead atoms. The van der Waals surface area contributed by atoms with Crippen LogP contribution in [-0.4, -0.2) is 23.0 Å². The number of para-hydroxylation sites is 1. The zero-order chi connectivity index (χ0) is 16.9. The van der Waals surface area contributed by atoms with E-state index in [1.165, 1.54) is 54.4 Å². The summed E-state index contributed by atoms with van der Waals surface area (Å²) in [5.74, 6) is 0.587. The summed E-state index contributed by atoms with van der Waals surface area (Å²) >= 11 is 0. The van der Waals surface area contributed by atoms with Gasteiger partial charge in [0, 0.05) is 36.1 Å². The number of aromatic nitrogens is 1. The molecule has 2 nitrogen and oxygen atoms in total. The maximum atomic E-state index is 3.38. The second kappa shape index (κ2) is 7.60. The van der Waals surface area contributed by atoms with Crippen molar-refractivity contribution < 1.29 is 0 Å². The lowest BCUT2D eigenvalue weighted by molar-refractivity contribution is 0.336. The first-order chi connectivity index (χ1) is 12.4. The SMILES string of the molecule is C1=CN(CCCCc2c[nH]c3ccccc23)CCC1c1ccccc1. The first-order valence-corrected chi connectivity index (χ1v) is 9.42. The Bertz CT molecular complexity index is 831. The largest absolute Gasteiger partial charge is 0.378 e. The van der Waals surface area contributed by atoms with Gasteiger partial charge in [0.2, 0.25) is 0 Å². The standard InChI is InChI=1S/C23H26N2/c1-2-8-19(9-3-1)20-13-16-25(17-14-20)15-7-6-10-21-18-24-23-12-5-4-11-22(21)23/h1-5,8-9,11-13,16,18,20,24H,6-7,10,14-15,17H2. The highest BCUT2D eigenvalue weighted by molar-refractivity contribution is 5.82. The molecule has 2 heterocycles. The van der Waals surface area contributed by atoms with Crippen molar-refractivity contribution in [1.29, 1.82) is 0 Å². The number of benzene rings is 2. The second-order valence-electron chi connectivity index (χ2n) is 7.00. The summed E-state index contributed by atoms with van der Waals surface area (Å²) in [4.78, 5) is 5.86. The van der Waals surface area contributed by atoms with E-state index in [-0.39, 0.29) is 0 Å². The van der Waals surface area contributed by atoms with Gasteiger partial charge in [0.1, 0.15) is 0 Å². The second-order valence-corrected chi connectivity index (χ2v) is 7.00. The third kappa shape index (κ3) is 3.79. The zero-order valence-corrected chi connectivity index (χ0v) is 14.7. The minimum absolute atomic E-state index is 0.587. The van der Waals surface area contributed by atoms with Gasteiger partial charge in [-0.05, 0) is 49.1 Å². The van der Waals surface area contributed by atoms with Crippen molar-refractivity contribution in [2.45, 2.75) is 31.6 Å². The highest BCUT2D eigenvalue weighted by atomic mass is 15.1. The van der Waals surface area contributed by atoms with Crippen molar-refractivity contribution in [2.75, 3.05) is 13.1 Å². The summed E-state index contributed by atoms with van der Waals surface area (Å²) in [6, 6.07) is 19.4. The van der Waals surface area contributed by atoms with Crippen molar-refractivity contribution in [3.8, 4) is 0 Å². The monoisotopic (exact) mass is 330 g/mol. The average molecular weight is 330 g/mol. The minimum Gasteiger partial charge on any atom is -0.378 e. The maximum absolute atomic E-state index is 3.38. The van der Waals surface area contributed by atoms with E-state index in [4.69, 9.17) is 0 Å². The predicted molar refractivity (Wildman–Crippen MR) is 106 cm³/mol. The van der Waals surface area contributed by atoms with Gasteiger partial charge in [0.25, 0.3) is 0 Å². The minimum atomic E-state index is 0.587. The molecule has 0 amide bonds. The van der Waals surface area contributed by atoms with E-state index in [9.17, 15) is 0 Å². The summed E-state index contributed by atoms with van der Waals surface area (Å²) in [6.07, 6.45) is 11.7. The normalized spacial score (nSPS) is 17.3. The summed E-state index contributed by atoms with van der Waals surface area (Å²) in [6.45, 7) is 2.34. The first-order valence-electron chi connectivity index (χ1n) is 9.42. The van der Waals surface area contributed by atoms with Crippen LogP contribution in [0.15, 0.2) is 73.1 Å². The van der Waals surface area contributed by atoms with E-state index >= 15 is 0 Å². The van der Waals surface area contributed by atoms with E-state index in [0.29, 0.717) is 5.92 Å². The van der Waals surface area contributed by atoms with Crippen LogP contribution in [0.2, 0.25) is 0 Å². The molecule has 1 aliphatic rings. The Morgan fingerprint density at radius 3 is 2.64 bits per heavy atom. The van der Waals surface area contributed by atoms with Gasteiger partial charge in [-0.3, -0.25) is 0 Å². The molecule has 128 valence electrons. The van der Waals surface area contributed by atoms with Gasteiger partial charge in [0.05, 0.1) is 0 Å². The number of nitrogens with one attached hydrogen (secondary N) is 1. The Morgan fingerprint density at radius 1 is 0.960 bits per heavy atom. The number of hydrogen-bond donors (Lipinski definition) is 1. The summed E-state index contributed by atoms with van der Waals surface area (Å²) in [5.41, 5.74) is 4.15. The molecular weight excluding hydrogens is 304 g/mol. The molecule has 1 unspecified atom stereocenters. The van der Waals surface area contributed by atoms with Gasteiger partial charge >= 0.3 is 0 Å². The number of H-pyrrole nitrogens is 1. The van der Waals surface area contributed by atoms with Crippen molar-refractivity contribution in [3.05, 3.63) is 84.2 Å². The number of allylic oxidation sites excluding steroid dienone is 1.